The molecule has 1 aromatic carbocycles. The van der Waals surface area contributed by atoms with Gasteiger partial charge in [-0.05, 0) is 48.0 Å². The topological polar surface area (TPSA) is 78.4 Å². The van der Waals surface area contributed by atoms with E-state index in [9.17, 15) is 14.0 Å². The molecule has 2 amide bonds. The summed E-state index contributed by atoms with van der Waals surface area (Å²) in [4.78, 5) is 22.5. The maximum absolute atomic E-state index is 12.9. The minimum absolute atomic E-state index is 0.0209. The Morgan fingerprint density at radius 1 is 1.42 bits per heavy atom. The van der Waals surface area contributed by atoms with Crippen LogP contribution in [0, 0.1) is 11.2 Å². The summed E-state index contributed by atoms with van der Waals surface area (Å²) in [6, 6.07) is 3.28. The third-order valence-electron chi connectivity index (χ3n) is 2.45. The number of urea groups is 1. The van der Waals surface area contributed by atoms with E-state index in [1.165, 1.54) is 32.0 Å². The quantitative estimate of drug-likeness (QED) is 0.793. The van der Waals surface area contributed by atoms with E-state index in [4.69, 9.17) is 5.11 Å². The number of nitrogens with one attached hydrogen (secondary N) is 2. The molecule has 7 heteroatoms. The lowest BCUT2D eigenvalue weighted by molar-refractivity contribution is -0.146. The molecule has 0 unspecified atom stereocenters. The molecule has 0 radical (unpaired) electrons. The highest BCUT2D eigenvalue weighted by Gasteiger charge is 2.27. The molecule has 0 aliphatic carbocycles. The molecule has 0 heterocycles. The summed E-state index contributed by atoms with van der Waals surface area (Å²) >= 11 is 3.11. The Balaban J connectivity index is 2.59. The summed E-state index contributed by atoms with van der Waals surface area (Å²) < 4.78 is 13.3. The Labute approximate surface area is 118 Å². The molecule has 1 rings (SSSR count). The summed E-state index contributed by atoms with van der Waals surface area (Å²) in [5, 5.41) is 13.8. The lowest BCUT2D eigenvalue weighted by atomic mass is 9.94. The first-order chi connectivity index (χ1) is 8.72. The molecular weight excluding hydrogens is 319 g/mol. The summed E-state index contributed by atoms with van der Waals surface area (Å²) in [6.07, 6.45) is 0. The highest BCUT2D eigenvalue weighted by atomic mass is 79.9. The van der Waals surface area contributed by atoms with Crippen molar-refractivity contribution < 1.29 is 19.1 Å². The molecule has 19 heavy (non-hydrogen) atoms. The lowest BCUT2D eigenvalue weighted by Gasteiger charge is -2.19. The Morgan fingerprint density at radius 3 is 2.58 bits per heavy atom. The molecule has 104 valence electrons. The zero-order chi connectivity index (χ0) is 14.6. The van der Waals surface area contributed by atoms with E-state index in [0.29, 0.717) is 10.2 Å². The standard InChI is InChI=1S/C12H14BrFN2O3/c1-12(2,10(17)18)6-15-11(19)16-9-4-3-7(14)5-8(9)13/h3-5H,6H2,1-2H3,(H,17,18)(H2,15,16,19). The van der Waals surface area contributed by atoms with Gasteiger partial charge in [0.25, 0.3) is 0 Å². The van der Waals surface area contributed by atoms with Crippen LogP contribution in [0.25, 0.3) is 0 Å². The normalized spacial score (nSPS) is 10.9. The summed E-state index contributed by atoms with van der Waals surface area (Å²) in [7, 11) is 0. The molecular formula is C12H14BrFN2O3. The number of carboxylic acid groups (broad SMARTS) is 1. The molecule has 0 bridgehead atoms. The van der Waals surface area contributed by atoms with Crippen LogP contribution in [0.4, 0.5) is 14.9 Å². The van der Waals surface area contributed by atoms with Gasteiger partial charge in [0.05, 0.1) is 11.1 Å². The Morgan fingerprint density at radius 2 is 2.05 bits per heavy atom. The van der Waals surface area contributed by atoms with Crippen LogP contribution in [0.2, 0.25) is 0 Å². The number of rotatable bonds is 4. The fourth-order valence-corrected chi connectivity index (χ4v) is 1.58. The van der Waals surface area contributed by atoms with Crippen molar-refractivity contribution in [1.29, 1.82) is 0 Å². The van der Waals surface area contributed by atoms with Crippen LogP contribution in [0.15, 0.2) is 22.7 Å². The summed E-state index contributed by atoms with van der Waals surface area (Å²) in [5.41, 5.74) is -0.663. The van der Waals surface area contributed by atoms with Gasteiger partial charge in [-0.2, -0.15) is 0 Å². The molecule has 0 saturated carbocycles. The molecule has 0 atom stereocenters. The molecule has 0 saturated heterocycles. The van der Waals surface area contributed by atoms with Crippen LogP contribution in [-0.2, 0) is 4.79 Å². The second-order valence-corrected chi connectivity index (χ2v) is 5.48. The van der Waals surface area contributed by atoms with Gasteiger partial charge in [0, 0.05) is 11.0 Å². The monoisotopic (exact) mass is 332 g/mol. The van der Waals surface area contributed by atoms with Crippen molar-refractivity contribution in [2.24, 2.45) is 5.41 Å². The number of benzene rings is 1. The molecule has 5 nitrogen and oxygen atoms in total. The van der Waals surface area contributed by atoms with Crippen LogP contribution < -0.4 is 10.6 Å². The van der Waals surface area contributed by atoms with Crippen molar-refractivity contribution in [3.63, 3.8) is 0 Å². The first-order valence-corrected chi connectivity index (χ1v) is 6.25. The van der Waals surface area contributed by atoms with E-state index in [1.54, 1.807) is 0 Å². The maximum Gasteiger partial charge on any atom is 0.319 e. The zero-order valence-corrected chi connectivity index (χ0v) is 12.0. The summed E-state index contributed by atoms with van der Waals surface area (Å²) in [6.45, 7) is 2.99. The van der Waals surface area contributed by atoms with Gasteiger partial charge < -0.3 is 15.7 Å². The first kappa shape index (κ1) is 15.4. The molecule has 0 aliphatic rings. The van der Waals surface area contributed by atoms with Gasteiger partial charge in [0.15, 0.2) is 0 Å². The molecule has 0 fully saturated rings. The first-order valence-electron chi connectivity index (χ1n) is 5.45. The molecule has 0 aliphatic heterocycles. The fraction of sp³-hybridized carbons (Fsp3) is 0.333. The van der Waals surface area contributed by atoms with Crippen molar-refractivity contribution in [3.8, 4) is 0 Å². The molecule has 3 N–H and O–H groups in total. The van der Waals surface area contributed by atoms with Gasteiger partial charge in [-0.25, -0.2) is 9.18 Å². The molecule has 1 aromatic rings. The number of carbonyl (C=O) groups is 2. The Bertz CT molecular complexity index is 506. The largest absolute Gasteiger partial charge is 0.481 e. The number of halogens is 2. The van der Waals surface area contributed by atoms with E-state index >= 15 is 0 Å². The third kappa shape index (κ3) is 4.51. The van der Waals surface area contributed by atoms with Gasteiger partial charge >= 0.3 is 12.0 Å². The SMILES string of the molecule is CC(C)(CNC(=O)Nc1ccc(F)cc1Br)C(=O)O. The Hall–Kier alpha value is -1.63. The Kier molecular flexibility index (Phi) is 4.88. The second-order valence-electron chi connectivity index (χ2n) is 4.62. The third-order valence-corrected chi connectivity index (χ3v) is 3.11. The average Bonchev–Trinajstić information content (AvgIpc) is 2.30. The van der Waals surface area contributed by atoms with E-state index in [1.807, 2.05) is 0 Å². The van der Waals surface area contributed by atoms with Crippen molar-refractivity contribution in [1.82, 2.24) is 5.32 Å². The average molecular weight is 333 g/mol. The minimum Gasteiger partial charge on any atom is -0.481 e. The summed E-state index contributed by atoms with van der Waals surface area (Å²) in [5.74, 6) is -1.43. The number of amides is 2. The van der Waals surface area contributed by atoms with Gasteiger partial charge in [-0.1, -0.05) is 0 Å². The highest BCUT2D eigenvalue weighted by Crippen LogP contribution is 2.23. The van der Waals surface area contributed by atoms with E-state index in [2.05, 4.69) is 26.6 Å². The van der Waals surface area contributed by atoms with Gasteiger partial charge in [-0.3, -0.25) is 4.79 Å². The van der Waals surface area contributed by atoms with Gasteiger partial charge in [0.2, 0.25) is 0 Å². The molecule has 0 aromatic heterocycles. The van der Waals surface area contributed by atoms with E-state index < -0.39 is 23.2 Å². The molecule has 0 spiro atoms. The van der Waals surface area contributed by atoms with Crippen molar-refractivity contribution in [2.75, 3.05) is 11.9 Å². The smallest absolute Gasteiger partial charge is 0.319 e. The van der Waals surface area contributed by atoms with Crippen LogP contribution in [-0.4, -0.2) is 23.7 Å². The van der Waals surface area contributed by atoms with Crippen LogP contribution in [0.3, 0.4) is 0 Å². The van der Waals surface area contributed by atoms with Crippen LogP contribution in [0.1, 0.15) is 13.8 Å². The van der Waals surface area contributed by atoms with E-state index in [0.717, 1.165) is 0 Å². The number of hydrogen-bond donors (Lipinski definition) is 3. The number of anilines is 1. The number of carbonyl (C=O) groups excluding carboxylic acids is 1. The number of carboxylic acids is 1. The van der Waals surface area contributed by atoms with Crippen molar-refractivity contribution in [2.45, 2.75) is 13.8 Å². The number of hydrogen-bond acceptors (Lipinski definition) is 2. The maximum atomic E-state index is 12.9. The lowest BCUT2D eigenvalue weighted by Crippen LogP contribution is -2.40. The second kappa shape index (κ2) is 6.01. The zero-order valence-electron chi connectivity index (χ0n) is 10.5. The predicted molar refractivity (Wildman–Crippen MR) is 72.5 cm³/mol. The van der Waals surface area contributed by atoms with Gasteiger partial charge in [0.1, 0.15) is 5.82 Å². The minimum atomic E-state index is -1.06. The van der Waals surface area contributed by atoms with Crippen LogP contribution in [0.5, 0.6) is 0 Å². The predicted octanol–water partition coefficient (Wildman–Crippen LogP) is 2.82. The number of aliphatic carboxylic acids is 1. The van der Waals surface area contributed by atoms with Crippen molar-refractivity contribution in [3.05, 3.63) is 28.5 Å². The van der Waals surface area contributed by atoms with Crippen LogP contribution >= 0.6 is 15.9 Å². The van der Waals surface area contributed by atoms with Crippen molar-refractivity contribution >= 4 is 33.6 Å². The highest BCUT2D eigenvalue weighted by molar-refractivity contribution is 9.10. The van der Waals surface area contributed by atoms with E-state index in [-0.39, 0.29) is 6.54 Å². The fourth-order valence-electron chi connectivity index (χ4n) is 1.13. The van der Waals surface area contributed by atoms with Gasteiger partial charge in [-0.15, -0.1) is 0 Å².